The Hall–Kier alpha value is -4.41. The van der Waals surface area contributed by atoms with E-state index in [1.807, 2.05) is 33.0 Å². The molecule has 3 N–H and O–H groups in total. The van der Waals surface area contributed by atoms with Gasteiger partial charge in [0, 0.05) is 42.5 Å². The number of pyridine rings is 1. The number of piperidine rings is 1. The Labute approximate surface area is 288 Å². The first-order chi connectivity index (χ1) is 23.0. The Bertz CT molecular complexity index is 1670. The van der Waals surface area contributed by atoms with Gasteiger partial charge >= 0.3 is 11.9 Å². The Kier molecular flexibility index (Phi) is 11.5. The number of nitro groups is 1. The minimum Gasteiger partial charge on any atom is -0.481 e. The van der Waals surface area contributed by atoms with Crippen LogP contribution in [0, 0.1) is 32.3 Å². The van der Waals surface area contributed by atoms with Gasteiger partial charge in [-0.1, -0.05) is 76.2 Å². The summed E-state index contributed by atoms with van der Waals surface area (Å²) in [7, 11) is 0. The summed E-state index contributed by atoms with van der Waals surface area (Å²) in [5.41, 5.74) is 0.500. The number of carboxylic acid groups (broad SMARTS) is 2. The quantitative estimate of drug-likeness (QED) is 0.118. The van der Waals surface area contributed by atoms with Gasteiger partial charge in [-0.05, 0) is 78.8 Å². The van der Waals surface area contributed by atoms with E-state index in [2.05, 4.69) is 46.7 Å². The summed E-state index contributed by atoms with van der Waals surface area (Å²) in [6.45, 7) is 13.4. The van der Waals surface area contributed by atoms with Crippen molar-refractivity contribution in [1.82, 2.24) is 10.3 Å². The number of benzene rings is 2. The fourth-order valence-corrected chi connectivity index (χ4v) is 8.13. The van der Waals surface area contributed by atoms with Crippen molar-refractivity contribution in [2.24, 2.45) is 22.2 Å². The van der Waals surface area contributed by atoms with Crippen LogP contribution in [-0.4, -0.2) is 57.4 Å². The van der Waals surface area contributed by atoms with Crippen LogP contribution in [-0.2, 0) is 20.7 Å². The van der Waals surface area contributed by atoms with E-state index in [9.17, 15) is 29.9 Å². The van der Waals surface area contributed by atoms with Crippen molar-refractivity contribution in [3.8, 4) is 0 Å². The summed E-state index contributed by atoms with van der Waals surface area (Å²) in [5.74, 6) is -3.91. The first-order valence-corrected chi connectivity index (χ1v) is 16.7. The van der Waals surface area contributed by atoms with Crippen molar-refractivity contribution >= 4 is 23.7 Å². The predicted molar refractivity (Wildman–Crippen MR) is 189 cm³/mol. The van der Waals surface area contributed by atoms with E-state index in [-0.39, 0.29) is 18.7 Å². The van der Waals surface area contributed by atoms with Crippen molar-refractivity contribution < 1.29 is 29.5 Å². The number of hydrogen-bond donors (Lipinski definition) is 3. The SMILES string of the molecule is C/C(=C\c1ccc(Cc2cccnc2)cc1)COCC(C)(C)CC1(C(=O)O)C(C)NC(C)C(C(=O)O)(C(C)C)C1c1cccc([N+](=O)[O-])c1. The van der Waals surface area contributed by atoms with Crippen LogP contribution in [0.3, 0.4) is 0 Å². The lowest BCUT2D eigenvalue weighted by Crippen LogP contribution is -2.71. The van der Waals surface area contributed by atoms with E-state index in [4.69, 9.17) is 4.74 Å². The van der Waals surface area contributed by atoms with Crippen molar-refractivity contribution in [2.45, 2.75) is 79.3 Å². The lowest BCUT2D eigenvalue weighted by molar-refractivity contribution is -0.385. The highest BCUT2D eigenvalue weighted by molar-refractivity contribution is 5.84. The van der Waals surface area contributed by atoms with Gasteiger partial charge in [0.2, 0.25) is 0 Å². The van der Waals surface area contributed by atoms with E-state index < -0.39 is 57.0 Å². The number of hydrogen-bond acceptors (Lipinski definition) is 7. The summed E-state index contributed by atoms with van der Waals surface area (Å²) in [6.07, 6.45) is 6.53. The molecule has 262 valence electrons. The van der Waals surface area contributed by atoms with Crippen molar-refractivity contribution in [1.29, 1.82) is 0 Å². The van der Waals surface area contributed by atoms with E-state index in [0.29, 0.717) is 12.2 Å². The topological polar surface area (TPSA) is 152 Å². The Morgan fingerprint density at radius 3 is 2.31 bits per heavy atom. The zero-order valence-corrected chi connectivity index (χ0v) is 29.5. The summed E-state index contributed by atoms with van der Waals surface area (Å²) >= 11 is 0. The number of rotatable bonds is 14. The van der Waals surface area contributed by atoms with Crippen LogP contribution in [0.2, 0.25) is 0 Å². The van der Waals surface area contributed by atoms with Gasteiger partial charge in [-0.25, -0.2) is 0 Å². The number of carboxylic acids is 2. The first kappa shape index (κ1) is 37.4. The molecule has 0 saturated carbocycles. The zero-order chi connectivity index (χ0) is 36.1. The fourth-order valence-electron chi connectivity index (χ4n) is 8.13. The maximum atomic E-state index is 13.7. The molecule has 2 heterocycles. The number of nitrogens with one attached hydrogen (secondary N) is 1. The molecule has 1 fully saturated rings. The third-order valence-corrected chi connectivity index (χ3v) is 10.2. The monoisotopic (exact) mass is 671 g/mol. The number of nitrogens with zero attached hydrogens (tertiary/aromatic N) is 2. The van der Waals surface area contributed by atoms with E-state index >= 15 is 0 Å². The molecular formula is C39H49N3O7. The summed E-state index contributed by atoms with van der Waals surface area (Å²) in [4.78, 5) is 42.6. The van der Waals surface area contributed by atoms with E-state index in [1.165, 1.54) is 23.8 Å². The Morgan fingerprint density at radius 2 is 1.73 bits per heavy atom. The van der Waals surface area contributed by atoms with Gasteiger partial charge in [0.25, 0.3) is 5.69 Å². The lowest BCUT2D eigenvalue weighted by Gasteiger charge is -2.60. The maximum Gasteiger partial charge on any atom is 0.312 e. The standard InChI is InChI=1S/C39H49N3O7/c1-25(2)39(36(45)46)28(5)41-27(4)38(35(43)44,34(39)32-11-8-12-33(20-32)42(47)48)23-37(6,7)24-49-22-26(3)18-29-13-15-30(16-14-29)19-31-10-9-17-40-21-31/h8-18,20-21,25,27-28,34,41H,19,22-24H2,1-7H3,(H,43,44)(H,45,46)/b26-18+. The summed E-state index contributed by atoms with van der Waals surface area (Å²) in [5, 5.41) is 37.3. The first-order valence-electron chi connectivity index (χ1n) is 16.7. The van der Waals surface area contributed by atoms with Crippen LogP contribution >= 0.6 is 0 Å². The van der Waals surface area contributed by atoms with Gasteiger partial charge in [0.05, 0.1) is 29.0 Å². The van der Waals surface area contributed by atoms with E-state index in [1.54, 1.807) is 40.0 Å². The summed E-state index contributed by atoms with van der Waals surface area (Å²) in [6, 6.07) is 16.8. The Balaban J connectivity index is 1.61. The molecule has 10 heteroatoms. The summed E-state index contributed by atoms with van der Waals surface area (Å²) < 4.78 is 6.20. The second-order valence-electron chi connectivity index (χ2n) is 14.7. The molecule has 0 aliphatic carbocycles. The van der Waals surface area contributed by atoms with Crippen molar-refractivity contribution in [3.63, 3.8) is 0 Å². The van der Waals surface area contributed by atoms with E-state index in [0.717, 1.165) is 23.1 Å². The smallest absolute Gasteiger partial charge is 0.312 e. The van der Waals surface area contributed by atoms with Crippen LogP contribution in [0.4, 0.5) is 5.69 Å². The molecule has 0 spiro atoms. The molecule has 0 bridgehead atoms. The van der Waals surface area contributed by atoms with Gasteiger partial charge in [-0.2, -0.15) is 0 Å². The minimum atomic E-state index is -1.65. The number of carbonyl (C=O) groups is 2. The molecule has 1 aliphatic heterocycles. The third kappa shape index (κ3) is 7.76. The van der Waals surface area contributed by atoms with Crippen molar-refractivity contribution in [3.05, 3.63) is 111 Å². The molecule has 2 aromatic carbocycles. The number of ether oxygens (including phenoxy) is 1. The Morgan fingerprint density at radius 1 is 1.04 bits per heavy atom. The molecule has 1 aromatic heterocycles. The minimum absolute atomic E-state index is 0.0620. The van der Waals surface area contributed by atoms with Gasteiger partial charge in [-0.3, -0.25) is 24.7 Å². The highest BCUT2D eigenvalue weighted by atomic mass is 16.6. The average Bonchev–Trinajstić information content (AvgIpc) is 3.03. The molecule has 10 nitrogen and oxygen atoms in total. The molecule has 4 rings (SSSR count). The number of non-ortho nitro benzene ring substituents is 1. The van der Waals surface area contributed by atoms with Gasteiger partial charge < -0.3 is 20.3 Å². The normalized spacial score (nSPS) is 24.5. The van der Waals surface area contributed by atoms with Crippen LogP contribution in [0.15, 0.2) is 78.6 Å². The number of nitro benzene ring substituents is 1. The highest BCUT2D eigenvalue weighted by Gasteiger charge is 2.68. The van der Waals surface area contributed by atoms with Gasteiger partial charge in [0.15, 0.2) is 0 Å². The van der Waals surface area contributed by atoms with Gasteiger partial charge in [-0.15, -0.1) is 0 Å². The lowest BCUT2D eigenvalue weighted by atomic mass is 9.46. The van der Waals surface area contributed by atoms with Crippen LogP contribution in [0.1, 0.15) is 83.1 Å². The van der Waals surface area contributed by atoms with Crippen LogP contribution in [0.25, 0.3) is 6.08 Å². The molecule has 0 radical (unpaired) electrons. The predicted octanol–water partition coefficient (Wildman–Crippen LogP) is 7.38. The average molecular weight is 672 g/mol. The van der Waals surface area contributed by atoms with Crippen LogP contribution < -0.4 is 5.32 Å². The van der Waals surface area contributed by atoms with Crippen molar-refractivity contribution in [2.75, 3.05) is 13.2 Å². The molecule has 5 unspecified atom stereocenters. The second kappa shape index (κ2) is 15.0. The molecule has 0 amide bonds. The second-order valence-corrected chi connectivity index (χ2v) is 14.7. The molecule has 1 aliphatic rings. The largest absolute Gasteiger partial charge is 0.481 e. The molecular weight excluding hydrogens is 622 g/mol. The van der Waals surface area contributed by atoms with Gasteiger partial charge in [0.1, 0.15) is 0 Å². The fraction of sp³-hybridized carbons (Fsp3) is 0.462. The number of aliphatic carboxylic acids is 2. The molecule has 5 atom stereocenters. The molecule has 1 saturated heterocycles. The highest BCUT2D eigenvalue weighted by Crippen LogP contribution is 2.61. The maximum absolute atomic E-state index is 13.7. The zero-order valence-electron chi connectivity index (χ0n) is 29.5. The molecule has 3 aromatic rings. The van der Waals surface area contributed by atoms with Crippen LogP contribution in [0.5, 0.6) is 0 Å². The third-order valence-electron chi connectivity index (χ3n) is 10.2. The molecule has 49 heavy (non-hydrogen) atoms. The number of aromatic nitrogens is 1.